The highest BCUT2D eigenvalue weighted by Gasteiger charge is 2.22. The molecule has 0 radical (unpaired) electrons. The molecule has 0 aliphatic carbocycles. The number of hydrogen-bond acceptors (Lipinski definition) is 6. The molecule has 2 aromatic heterocycles. The van der Waals surface area contributed by atoms with Crippen molar-refractivity contribution in [3.8, 4) is 17.0 Å². The van der Waals surface area contributed by atoms with Gasteiger partial charge in [0.1, 0.15) is 0 Å². The zero-order chi connectivity index (χ0) is 20.1. The number of amides is 1. The van der Waals surface area contributed by atoms with Crippen molar-refractivity contribution in [3.63, 3.8) is 0 Å². The first kappa shape index (κ1) is 18.8. The topological polar surface area (TPSA) is 71.5 Å². The average molecular weight is 393 g/mol. The van der Waals surface area contributed by atoms with E-state index in [2.05, 4.69) is 20.1 Å². The number of rotatable bonds is 5. The van der Waals surface area contributed by atoms with E-state index in [0.29, 0.717) is 26.2 Å². The van der Waals surface area contributed by atoms with E-state index in [1.807, 2.05) is 24.3 Å². The molecule has 1 aliphatic heterocycles. The summed E-state index contributed by atoms with van der Waals surface area (Å²) in [5.74, 6) is 0.222. The first-order valence-electron chi connectivity index (χ1n) is 9.35. The molecule has 1 saturated heterocycles. The summed E-state index contributed by atoms with van der Waals surface area (Å²) in [6, 6.07) is 13.7. The number of hydrogen-bond donors (Lipinski definition) is 0. The van der Waals surface area contributed by atoms with Crippen molar-refractivity contribution < 1.29 is 13.9 Å². The maximum atomic E-state index is 13.6. The largest absolute Gasteiger partial charge is 0.481 e. The van der Waals surface area contributed by atoms with Gasteiger partial charge in [0.25, 0.3) is 5.91 Å². The minimum absolute atomic E-state index is 0.0865. The fraction of sp³-hybridized carbons (Fsp3) is 0.238. The normalized spacial score (nSPS) is 14.0. The van der Waals surface area contributed by atoms with Gasteiger partial charge in [0.15, 0.2) is 24.0 Å². The van der Waals surface area contributed by atoms with Crippen LogP contribution in [0.5, 0.6) is 5.75 Å². The van der Waals surface area contributed by atoms with Gasteiger partial charge in [-0.05, 0) is 36.4 Å². The van der Waals surface area contributed by atoms with Gasteiger partial charge in [0.05, 0.1) is 5.69 Å². The van der Waals surface area contributed by atoms with Crippen LogP contribution >= 0.6 is 0 Å². The monoisotopic (exact) mass is 393 g/mol. The second kappa shape index (κ2) is 8.64. The second-order valence-corrected chi connectivity index (χ2v) is 6.61. The number of halogens is 1. The summed E-state index contributed by atoms with van der Waals surface area (Å²) >= 11 is 0. The van der Waals surface area contributed by atoms with Crippen LogP contribution in [0.25, 0.3) is 11.3 Å². The average Bonchev–Trinajstić information content (AvgIpc) is 2.79. The Hall–Kier alpha value is -3.55. The summed E-state index contributed by atoms with van der Waals surface area (Å²) in [6.45, 7) is 2.20. The van der Waals surface area contributed by atoms with Gasteiger partial charge in [0, 0.05) is 44.1 Å². The van der Waals surface area contributed by atoms with Crippen LogP contribution in [0.15, 0.2) is 60.9 Å². The van der Waals surface area contributed by atoms with E-state index in [0.717, 1.165) is 17.1 Å². The molecule has 1 fully saturated rings. The van der Waals surface area contributed by atoms with Crippen molar-refractivity contribution in [1.29, 1.82) is 0 Å². The van der Waals surface area contributed by atoms with Crippen LogP contribution in [0.3, 0.4) is 0 Å². The third kappa shape index (κ3) is 4.48. The van der Waals surface area contributed by atoms with Gasteiger partial charge in [-0.15, -0.1) is 10.2 Å². The number of aromatic nitrogens is 3. The molecule has 0 saturated carbocycles. The molecular formula is C21H20FN5O2. The summed E-state index contributed by atoms with van der Waals surface area (Å²) in [5, 5.41) is 8.59. The van der Waals surface area contributed by atoms with Crippen molar-refractivity contribution >= 4 is 11.7 Å². The van der Waals surface area contributed by atoms with Crippen molar-refractivity contribution in [1.82, 2.24) is 20.1 Å². The molecule has 8 heteroatoms. The molecule has 0 spiro atoms. The number of anilines is 1. The number of carbonyl (C=O) groups is 1. The zero-order valence-corrected chi connectivity index (χ0v) is 15.7. The molecule has 3 heterocycles. The number of pyridine rings is 1. The van der Waals surface area contributed by atoms with Crippen LogP contribution in [0.4, 0.5) is 10.2 Å². The number of benzene rings is 1. The summed E-state index contributed by atoms with van der Waals surface area (Å²) < 4.78 is 18.9. The fourth-order valence-corrected chi connectivity index (χ4v) is 3.14. The van der Waals surface area contributed by atoms with Crippen molar-refractivity contribution in [2.24, 2.45) is 0 Å². The van der Waals surface area contributed by atoms with Gasteiger partial charge >= 0.3 is 0 Å². The predicted molar refractivity (Wildman–Crippen MR) is 106 cm³/mol. The first-order chi connectivity index (χ1) is 14.2. The molecule has 0 unspecified atom stereocenters. The van der Waals surface area contributed by atoms with Gasteiger partial charge in [-0.3, -0.25) is 9.78 Å². The van der Waals surface area contributed by atoms with Gasteiger partial charge in [-0.25, -0.2) is 4.39 Å². The van der Waals surface area contributed by atoms with Crippen molar-refractivity contribution in [2.45, 2.75) is 0 Å². The van der Waals surface area contributed by atoms with E-state index >= 15 is 0 Å². The van der Waals surface area contributed by atoms with Gasteiger partial charge in [0.2, 0.25) is 0 Å². The van der Waals surface area contributed by atoms with Crippen molar-refractivity contribution in [3.05, 3.63) is 66.7 Å². The highest BCUT2D eigenvalue weighted by atomic mass is 19.1. The highest BCUT2D eigenvalue weighted by molar-refractivity contribution is 5.78. The number of carbonyl (C=O) groups excluding carboxylic acids is 1. The van der Waals surface area contributed by atoms with Crippen LogP contribution in [0, 0.1) is 5.82 Å². The van der Waals surface area contributed by atoms with E-state index in [9.17, 15) is 9.18 Å². The van der Waals surface area contributed by atoms with Crippen LogP contribution in [0.1, 0.15) is 0 Å². The molecule has 29 heavy (non-hydrogen) atoms. The summed E-state index contributed by atoms with van der Waals surface area (Å²) in [7, 11) is 0. The van der Waals surface area contributed by atoms with Crippen LogP contribution in [-0.2, 0) is 4.79 Å². The molecule has 7 nitrogen and oxygen atoms in total. The quantitative estimate of drug-likeness (QED) is 0.663. The van der Waals surface area contributed by atoms with E-state index in [1.165, 1.54) is 12.1 Å². The Morgan fingerprint density at radius 3 is 2.52 bits per heavy atom. The highest BCUT2D eigenvalue weighted by Crippen LogP contribution is 2.19. The molecule has 1 aromatic carbocycles. The minimum atomic E-state index is -0.474. The lowest BCUT2D eigenvalue weighted by Gasteiger charge is -2.35. The molecule has 0 N–H and O–H groups in total. The summed E-state index contributed by atoms with van der Waals surface area (Å²) in [6.07, 6.45) is 3.46. The summed E-state index contributed by atoms with van der Waals surface area (Å²) in [5.41, 5.74) is 1.68. The van der Waals surface area contributed by atoms with Gasteiger partial charge in [-0.2, -0.15) is 0 Å². The third-order valence-electron chi connectivity index (χ3n) is 4.75. The fourth-order valence-electron chi connectivity index (χ4n) is 3.14. The smallest absolute Gasteiger partial charge is 0.260 e. The maximum absolute atomic E-state index is 13.6. The Labute approximate surface area is 167 Å². The second-order valence-electron chi connectivity index (χ2n) is 6.61. The Balaban J connectivity index is 1.30. The lowest BCUT2D eigenvalue weighted by Crippen LogP contribution is -2.50. The molecule has 0 atom stereocenters. The Morgan fingerprint density at radius 2 is 1.83 bits per heavy atom. The van der Waals surface area contributed by atoms with Crippen LogP contribution in [0.2, 0.25) is 0 Å². The molecule has 148 valence electrons. The van der Waals surface area contributed by atoms with Gasteiger partial charge in [-0.1, -0.05) is 12.1 Å². The lowest BCUT2D eigenvalue weighted by atomic mass is 10.2. The molecule has 1 amide bonds. The predicted octanol–water partition coefficient (Wildman–Crippen LogP) is 2.41. The number of ether oxygens (including phenoxy) is 1. The standard InChI is InChI=1S/C21H20FN5O2/c22-17-5-1-2-6-19(17)29-15-21(28)27-12-10-26(11-13-27)20-8-7-18(24-25-20)16-4-3-9-23-14-16/h1-9,14H,10-13,15H2. The lowest BCUT2D eigenvalue weighted by molar-refractivity contribution is -0.133. The number of nitrogens with zero attached hydrogens (tertiary/aromatic N) is 5. The molecule has 0 bridgehead atoms. The Kier molecular flexibility index (Phi) is 5.60. The molecule has 4 rings (SSSR count). The van der Waals surface area contributed by atoms with Crippen molar-refractivity contribution in [2.75, 3.05) is 37.7 Å². The van der Waals surface area contributed by atoms with E-state index < -0.39 is 5.82 Å². The van der Waals surface area contributed by atoms with Crippen LogP contribution in [-0.4, -0.2) is 58.8 Å². The number of para-hydroxylation sites is 1. The maximum Gasteiger partial charge on any atom is 0.260 e. The Morgan fingerprint density at radius 1 is 1.00 bits per heavy atom. The molecule has 3 aromatic rings. The zero-order valence-electron chi connectivity index (χ0n) is 15.7. The van der Waals surface area contributed by atoms with E-state index in [-0.39, 0.29) is 18.3 Å². The first-order valence-corrected chi connectivity index (χ1v) is 9.35. The number of piperazine rings is 1. The van der Waals surface area contributed by atoms with Gasteiger partial charge < -0.3 is 14.5 Å². The molecular weight excluding hydrogens is 373 g/mol. The SMILES string of the molecule is O=C(COc1ccccc1F)N1CCN(c2ccc(-c3cccnc3)nn2)CC1. The van der Waals surface area contributed by atoms with Crippen LogP contribution < -0.4 is 9.64 Å². The van der Waals surface area contributed by atoms with E-state index in [1.54, 1.807) is 29.4 Å². The molecule has 1 aliphatic rings. The van der Waals surface area contributed by atoms with E-state index in [4.69, 9.17) is 4.74 Å². The summed E-state index contributed by atoms with van der Waals surface area (Å²) in [4.78, 5) is 20.2. The minimum Gasteiger partial charge on any atom is -0.481 e. The third-order valence-corrected chi connectivity index (χ3v) is 4.75. The Bertz CT molecular complexity index is 960.